The minimum Gasteiger partial charge on any atom is -0.381 e. The van der Waals surface area contributed by atoms with E-state index in [1.807, 2.05) is 0 Å². The maximum absolute atomic E-state index is 12.7. The van der Waals surface area contributed by atoms with Crippen molar-refractivity contribution in [3.05, 3.63) is 35.4 Å². The molecule has 21 heavy (non-hydrogen) atoms. The van der Waals surface area contributed by atoms with Crippen LogP contribution in [0.15, 0.2) is 24.3 Å². The first-order valence-corrected chi connectivity index (χ1v) is 8.31. The van der Waals surface area contributed by atoms with Crippen molar-refractivity contribution in [2.75, 3.05) is 13.2 Å². The van der Waals surface area contributed by atoms with Gasteiger partial charge in [0, 0.05) is 13.2 Å². The van der Waals surface area contributed by atoms with Crippen LogP contribution in [0.3, 0.4) is 0 Å². The molecule has 0 N–H and O–H groups in total. The SMILES string of the molecule is CC(c1cccc(C(F)(F)F)c1)S(=O)(=O)C1CCOCC1. The zero-order chi connectivity index (χ0) is 15.7. The van der Waals surface area contributed by atoms with Crippen molar-refractivity contribution in [3.63, 3.8) is 0 Å². The first-order valence-electron chi connectivity index (χ1n) is 6.70. The van der Waals surface area contributed by atoms with Crippen LogP contribution in [0, 0.1) is 0 Å². The van der Waals surface area contributed by atoms with Crippen molar-refractivity contribution in [2.45, 2.75) is 36.4 Å². The van der Waals surface area contributed by atoms with Gasteiger partial charge < -0.3 is 4.74 Å². The lowest BCUT2D eigenvalue weighted by molar-refractivity contribution is -0.137. The molecule has 1 heterocycles. The lowest BCUT2D eigenvalue weighted by atomic mass is 10.1. The first-order chi connectivity index (χ1) is 9.73. The third-order valence-corrected chi connectivity index (χ3v) is 6.47. The monoisotopic (exact) mass is 322 g/mol. The van der Waals surface area contributed by atoms with Crippen LogP contribution in [0.1, 0.15) is 36.1 Å². The second-order valence-electron chi connectivity index (χ2n) is 5.17. The normalized spacial score (nSPS) is 19.4. The Morgan fingerprint density at radius 1 is 1.24 bits per heavy atom. The van der Waals surface area contributed by atoms with Gasteiger partial charge in [-0.2, -0.15) is 13.2 Å². The molecule has 0 spiro atoms. The molecule has 7 heteroatoms. The van der Waals surface area contributed by atoms with E-state index in [-0.39, 0.29) is 5.56 Å². The summed E-state index contributed by atoms with van der Waals surface area (Å²) in [6.45, 7) is 2.19. The van der Waals surface area contributed by atoms with Crippen LogP contribution < -0.4 is 0 Å². The fraction of sp³-hybridized carbons (Fsp3) is 0.571. The summed E-state index contributed by atoms with van der Waals surface area (Å²) in [4.78, 5) is 0. The van der Waals surface area contributed by atoms with E-state index in [1.54, 1.807) is 0 Å². The molecule has 118 valence electrons. The molecule has 0 aromatic heterocycles. The Labute approximate surface area is 122 Å². The van der Waals surface area contributed by atoms with E-state index in [9.17, 15) is 21.6 Å². The average molecular weight is 322 g/mol. The van der Waals surface area contributed by atoms with Gasteiger partial charge >= 0.3 is 6.18 Å². The number of hydrogen-bond acceptors (Lipinski definition) is 3. The Hall–Kier alpha value is -1.08. The standard InChI is InChI=1S/C14H17F3O3S/c1-10(21(18,19)13-5-7-20-8-6-13)11-3-2-4-12(9-11)14(15,16)17/h2-4,9-10,13H,5-8H2,1H3. The van der Waals surface area contributed by atoms with Crippen LogP contribution in [0.4, 0.5) is 13.2 Å². The van der Waals surface area contributed by atoms with Crippen LogP contribution in [-0.4, -0.2) is 26.9 Å². The van der Waals surface area contributed by atoms with Gasteiger partial charge in [-0.1, -0.05) is 18.2 Å². The summed E-state index contributed by atoms with van der Waals surface area (Å²) in [7, 11) is -3.52. The molecule has 1 atom stereocenters. The molecule has 0 radical (unpaired) electrons. The molecular formula is C14H17F3O3S. The smallest absolute Gasteiger partial charge is 0.381 e. The fourth-order valence-corrected chi connectivity index (χ4v) is 4.40. The van der Waals surface area contributed by atoms with Gasteiger partial charge in [0.15, 0.2) is 9.84 Å². The number of alkyl halides is 3. The average Bonchev–Trinajstić information content (AvgIpc) is 2.46. The summed E-state index contributed by atoms with van der Waals surface area (Å²) in [5, 5.41) is -1.50. The summed E-state index contributed by atoms with van der Waals surface area (Å²) in [5.41, 5.74) is -0.648. The molecular weight excluding hydrogens is 305 g/mol. The van der Waals surface area contributed by atoms with Gasteiger partial charge in [-0.3, -0.25) is 0 Å². The molecule has 1 aliphatic rings. The van der Waals surface area contributed by atoms with Crippen molar-refractivity contribution in [1.82, 2.24) is 0 Å². The number of sulfone groups is 1. The Morgan fingerprint density at radius 2 is 1.86 bits per heavy atom. The van der Waals surface area contributed by atoms with Gasteiger partial charge in [0.1, 0.15) is 0 Å². The Kier molecular flexibility index (Phi) is 4.63. The topological polar surface area (TPSA) is 43.4 Å². The van der Waals surface area contributed by atoms with Gasteiger partial charge in [0.25, 0.3) is 0 Å². The number of halogens is 3. The summed E-state index contributed by atoms with van der Waals surface area (Å²) in [5.74, 6) is 0. The van der Waals surface area contributed by atoms with E-state index in [2.05, 4.69) is 0 Å². The van der Waals surface area contributed by atoms with E-state index in [1.165, 1.54) is 19.1 Å². The molecule has 0 bridgehead atoms. The van der Waals surface area contributed by atoms with Crippen LogP contribution >= 0.6 is 0 Å². The van der Waals surface area contributed by atoms with E-state index < -0.39 is 32.1 Å². The van der Waals surface area contributed by atoms with Crippen molar-refractivity contribution in [2.24, 2.45) is 0 Å². The predicted molar refractivity (Wildman–Crippen MR) is 72.6 cm³/mol. The van der Waals surface area contributed by atoms with Crippen LogP contribution in [-0.2, 0) is 20.8 Å². The molecule has 1 aromatic rings. The molecule has 1 unspecified atom stereocenters. The van der Waals surface area contributed by atoms with Gasteiger partial charge in [0.2, 0.25) is 0 Å². The molecule has 1 aromatic carbocycles. The molecule has 0 aliphatic carbocycles. The maximum atomic E-state index is 12.7. The zero-order valence-corrected chi connectivity index (χ0v) is 12.4. The van der Waals surface area contributed by atoms with Crippen molar-refractivity contribution in [3.8, 4) is 0 Å². The second kappa shape index (κ2) is 5.96. The summed E-state index contributed by atoms with van der Waals surface area (Å²) < 4.78 is 68.3. The van der Waals surface area contributed by atoms with Crippen LogP contribution in [0.5, 0.6) is 0 Å². The van der Waals surface area contributed by atoms with E-state index in [0.29, 0.717) is 26.1 Å². The molecule has 1 fully saturated rings. The van der Waals surface area contributed by atoms with Crippen molar-refractivity contribution < 1.29 is 26.3 Å². The lowest BCUT2D eigenvalue weighted by Gasteiger charge is -2.26. The van der Waals surface area contributed by atoms with E-state index in [4.69, 9.17) is 4.74 Å². The molecule has 0 amide bonds. The molecule has 3 nitrogen and oxygen atoms in total. The predicted octanol–water partition coefficient (Wildman–Crippen LogP) is 3.36. The summed E-state index contributed by atoms with van der Waals surface area (Å²) in [6.07, 6.45) is -3.69. The Bertz CT molecular complexity index is 590. The number of hydrogen-bond donors (Lipinski definition) is 0. The highest BCUT2D eigenvalue weighted by Crippen LogP contribution is 2.34. The highest BCUT2D eigenvalue weighted by molar-refractivity contribution is 7.92. The van der Waals surface area contributed by atoms with Crippen LogP contribution in [0.25, 0.3) is 0 Å². The van der Waals surface area contributed by atoms with Gasteiger partial charge in [0.05, 0.1) is 16.1 Å². The van der Waals surface area contributed by atoms with Gasteiger partial charge in [-0.05, 0) is 31.4 Å². The number of benzene rings is 1. The number of rotatable bonds is 3. The van der Waals surface area contributed by atoms with E-state index >= 15 is 0 Å². The lowest BCUT2D eigenvalue weighted by Crippen LogP contribution is -2.31. The summed E-state index contributed by atoms with van der Waals surface area (Å²) in [6, 6.07) is 4.53. The molecule has 2 rings (SSSR count). The largest absolute Gasteiger partial charge is 0.416 e. The highest BCUT2D eigenvalue weighted by atomic mass is 32.2. The fourth-order valence-electron chi connectivity index (χ4n) is 2.45. The zero-order valence-electron chi connectivity index (χ0n) is 11.6. The van der Waals surface area contributed by atoms with E-state index in [0.717, 1.165) is 12.1 Å². The van der Waals surface area contributed by atoms with Crippen molar-refractivity contribution >= 4 is 9.84 Å². The first kappa shape index (κ1) is 16.3. The molecule has 1 saturated heterocycles. The molecule has 1 aliphatic heterocycles. The third kappa shape index (κ3) is 3.58. The number of ether oxygens (including phenoxy) is 1. The minimum atomic E-state index is -4.47. The van der Waals surface area contributed by atoms with Crippen molar-refractivity contribution in [1.29, 1.82) is 0 Å². The maximum Gasteiger partial charge on any atom is 0.416 e. The highest BCUT2D eigenvalue weighted by Gasteiger charge is 2.35. The quantitative estimate of drug-likeness (QED) is 0.857. The van der Waals surface area contributed by atoms with Crippen LogP contribution in [0.2, 0.25) is 0 Å². The molecule has 0 saturated carbocycles. The minimum absolute atomic E-state index is 0.177. The Morgan fingerprint density at radius 3 is 2.43 bits per heavy atom. The third-order valence-electron chi connectivity index (χ3n) is 3.81. The second-order valence-corrected chi connectivity index (χ2v) is 7.72. The Balaban J connectivity index is 2.28. The summed E-state index contributed by atoms with van der Waals surface area (Å²) >= 11 is 0. The van der Waals surface area contributed by atoms with Gasteiger partial charge in [-0.25, -0.2) is 8.42 Å². The van der Waals surface area contributed by atoms with Gasteiger partial charge in [-0.15, -0.1) is 0 Å².